The van der Waals surface area contributed by atoms with Gasteiger partial charge in [0.15, 0.2) is 0 Å². The zero-order valence-corrected chi connectivity index (χ0v) is 13.3. The molecule has 1 atom stereocenters. The van der Waals surface area contributed by atoms with Crippen LogP contribution in [0, 0.1) is 0 Å². The average molecular weight is 311 g/mol. The molecular formula is C12H20Cl2N2OS. The summed E-state index contributed by atoms with van der Waals surface area (Å²) in [5.41, 5.74) is 5.24. The van der Waals surface area contributed by atoms with Crippen molar-refractivity contribution in [3.63, 3.8) is 0 Å². The first-order valence-corrected chi connectivity index (χ1v) is 6.85. The number of hydrogen-bond donors (Lipinski definition) is 1. The Labute approximate surface area is 124 Å². The molecule has 1 unspecified atom stereocenters. The normalized spacial score (nSPS) is 13.6. The number of hydrogen-bond acceptors (Lipinski definition) is 3. The Morgan fingerprint density at radius 3 is 2.61 bits per heavy atom. The quantitative estimate of drug-likeness (QED) is 0.907. The maximum atomic E-state index is 12.1. The number of nitrogens with zero attached hydrogens (tertiary/aromatic N) is 1. The van der Waals surface area contributed by atoms with Gasteiger partial charge in [-0.1, -0.05) is 24.9 Å². The highest BCUT2D eigenvalue weighted by Crippen LogP contribution is 2.23. The first-order chi connectivity index (χ1) is 7.86. The van der Waals surface area contributed by atoms with Gasteiger partial charge in [0.25, 0.3) is 0 Å². The summed E-state index contributed by atoms with van der Waals surface area (Å²) in [7, 11) is 1.77. The van der Waals surface area contributed by atoms with Crippen LogP contribution in [0.2, 0.25) is 4.34 Å². The summed E-state index contributed by atoms with van der Waals surface area (Å²) < 4.78 is 0.741. The molecule has 1 aromatic rings. The van der Waals surface area contributed by atoms with Crippen molar-refractivity contribution >= 4 is 41.3 Å². The monoisotopic (exact) mass is 310 g/mol. The minimum atomic E-state index is -0.773. The van der Waals surface area contributed by atoms with Crippen LogP contribution in [0.15, 0.2) is 12.1 Å². The van der Waals surface area contributed by atoms with E-state index >= 15 is 0 Å². The van der Waals surface area contributed by atoms with Gasteiger partial charge in [-0.05, 0) is 25.5 Å². The summed E-state index contributed by atoms with van der Waals surface area (Å²) in [6.45, 7) is 4.38. The molecule has 1 rings (SSSR count). The van der Waals surface area contributed by atoms with Crippen molar-refractivity contribution in [3.8, 4) is 0 Å². The highest BCUT2D eigenvalue weighted by atomic mass is 35.5. The first-order valence-electron chi connectivity index (χ1n) is 5.65. The number of amides is 1. The minimum absolute atomic E-state index is 0. The van der Waals surface area contributed by atoms with Gasteiger partial charge in [-0.15, -0.1) is 23.7 Å². The van der Waals surface area contributed by atoms with Crippen LogP contribution in [0.1, 0.15) is 31.6 Å². The van der Waals surface area contributed by atoms with Crippen LogP contribution in [0.25, 0.3) is 0 Å². The second-order valence-corrected chi connectivity index (χ2v) is 6.33. The highest BCUT2D eigenvalue weighted by molar-refractivity contribution is 7.16. The zero-order chi connectivity index (χ0) is 13.1. The lowest BCUT2D eigenvalue weighted by atomic mass is 9.96. The number of nitrogens with two attached hydrogens (primary N) is 1. The first kappa shape index (κ1) is 17.7. The molecule has 0 fully saturated rings. The van der Waals surface area contributed by atoms with Crippen molar-refractivity contribution < 1.29 is 4.79 Å². The van der Waals surface area contributed by atoms with Gasteiger partial charge < -0.3 is 10.6 Å². The lowest BCUT2D eigenvalue weighted by Crippen LogP contribution is -2.51. The second kappa shape index (κ2) is 7.34. The fourth-order valence-corrected chi connectivity index (χ4v) is 2.95. The number of rotatable bonds is 5. The van der Waals surface area contributed by atoms with E-state index in [2.05, 4.69) is 0 Å². The molecule has 0 bridgehead atoms. The summed E-state index contributed by atoms with van der Waals surface area (Å²) in [6.07, 6.45) is 1.60. The van der Waals surface area contributed by atoms with Gasteiger partial charge in [-0.2, -0.15) is 0 Å². The number of thiophene rings is 1. The maximum Gasteiger partial charge on any atom is 0.242 e. The third kappa shape index (κ3) is 4.76. The fourth-order valence-electron chi connectivity index (χ4n) is 1.80. The molecule has 0 aliphatic heterocycles. The third-order valence-electron chi connectivity index (χ3n) is 2.63. The van der Waals surface area contributed by atoms with Crippen LogP contribution < -0.4 is 5.73 Å². The van der Waals surface area contributed by atoms with Gasteiger partial charge in [0.2, 0.25) is 5.91 Å². The Hall–Kier alpha value is -0.290. The van der Waals surface area contributed by atoms with Crippen LogP contribution in [-0.2, 0) is 11.3 Å². The van der Waals surface area contributed by atoms with Gasteiger partial charge in [-0.3, -0.25) is 4.79 Å². The molecule has 0 saturated heterocycles. The summed E-state index contributed by atoms with van der Waals surface area (Å²) in [5, 5.41) is 0. The Balaban J connectivity index is 0.00000289. The van der Waals surface area contributed by atoms with Gasteiger partial charge in [0, 0.05) is 11.9 Å². The molecule has 6 heteroatoms. The Bertz CT molecular complexity index is 393. The molecule has 2 N–H and O–H groups in total. The standard InChI is InChI=1S/C12H19ClN2OS.ClH/c1-4-7-12(2,14)11(16)15(3)8-9-5-6-10(13)17-9;/h5-6H,4,7-8,14H2,1-3H3;1H. The lowest BCUT2D eigenvalue weighted by Gasteiger charge is -2.28. The number of carbonyl (C=O) groups is 1. The Kier molecular flexibility index (Phi) is 7.22. The molecule has 3 nitrogen and oxygen atoms in total. The van der Waals surface area contributed by atoms with Crippen LogP contribution in [0.4, 0.5) is 0 Å². The predicted molar refractivity (Wildman–Crippen MR) is 80.6 cm³/mol. The van der Waals surface area contributed by atoms with Crippen molar-refractivity contribution in [2.24, 2.45) is 5.73 Å². The van der Waals surface area contributed by atoms with Crippen LogP contribution in [0.5, 0.6) is 0 Å². The summed E-state index contributed by atoms with van der Waals surface area (Å²) in [4.78, 5) is 14.9. The van der Waals surface area contributed by atoms with Gasteiger partial charge >= 0.3 is 0 Å². The number of likely N-dealkylation sites (N-methyl/N-ethyl adjacent to an activating group) is 1. The van der Waals surface area contributed by atoms with Gasteiger partial charge in [0.1, 0.15) is 0 Å². The van der Waals surface area contributed by atoms with E-state index in [1.54, 1.807) is 18.9 Å². The smallest absolute Gasteiger partial charge is 0.242 e. The van der Waals surface area contributed by atoms with Gasteiger partial charge in [-0.25, -0.2) is 0 Å². The maximum absolute atomic E-state index is 12.1. The largest absolute Gasteiger partial charge is 0.339 e. The summed E-state index contributed by atoms with van der Waals surface area (Å²) in [5.74, 6) is -0.0242. The molecule has 104 valence electrons. The summed E-state index contributed by atoms with van der Waals surface area (Å²) >= 11 is 7.34. The lowest BCUT2D eigenvalue weighted by molar-refractivity contribution is -0.135. The molecule has 0 aliphatic rings. The Morgan fingerprint density at radius 2 is 2.17 bits per heavy atom. The van der Waals surface area contributed by atoms with Crippen molar-refractivity contribution in [1.82, 2.24) is 4.90 Å². The van der Waals surface area contributed by atoms with Gasteiger partial charge in [0.05, 0.1) is 16.4 Å². The van der Waals surface area contributed by atoms with Crippen molar-refractivity contribution in [3.05, 3.63) is 21.3 Å². The highest BCUT2D eigenvalue weighted by Gasteiger charge is 2.30. The van der Waals surface area contributed by atoms with Crippen molar-refractivity contribution in [1.29, 1.82) is 0 Å². The Morgan fingerprint density at radius 1 is 1.56 bits per heavy atom. The van der Waals surface area contributed by atoms with Crippen molar-refractivity contribution in [2.75, 3.05) is 7.05 Å². The van der Waals surface area contributed by atoms with E-state index in [4.69, 9.17) is 17.3 Å². The molecule has 18 heavy (non-hydrogen) atoms. The number of carbonyl (C=O) groups excluding carboxylic acids is 1. The van der Waals surface area contributed by atoms with Crippen molar-refractivity contribution in [2.45, 2.75) is 38.8 Å². The predicted octanol–water partition coefficient (Wildman–Crippen LogP) is 3.30. The van der Waals surface area contributed by atoms with E-state index in [1.165, 1.54) is 11.3 Å². The van der Waals surface area contributed by atoms with E-state index in [0.717, 1.165) is 15.6 Å². The SMILES string of the molecule is CCCC(C)(N)C(=O)N(C)Cc1ccc(Cl)s1.Cl. The fraction of sp³-hybridized carbons (Fsp3) is 0.583. The van der Waals surface area contributed by atoms with E-state index in [1.807, 2.05) is 19.1 Å². The molecule has 0 saturated carbocycles. The van der Waals surface area contributed by atoms with E-state index in [9.17, 15) is 4.79 Å². The van der Waals surface area contributed by atoms with Crippen LogP contribution >= 0.6 is 35.3 Å². The zero-order valence-electron chi connectivity index (χ0n) is 10.9. The van der Waals surface area contributed by atoms with Crippen LogP contribution in [-0.4, -0.2) is 23.4 Å². The minimum Gasteiger partial charge on any atom is -0.339 e. The van der Waals surface area contributed by atoms with Crippen LogP contribution in [0.3, 0.4) is 0 Å². The third-order valence-corrected chi connectivity index (χ3v) is 3.84. The molecular weight excluding hydrogens is 291 g/mol. The molecule has 0 spiro atoms. The molecule has 1 amide bonds. The van der Waals surface area contributed by atoms with E-state index in [-0.39, 0.29) is 18.3 Å². The molecule has 1 aromatic heterocycles. The van der Waals surface area contributed by atoms with E-state index < -0.39 is 5.54 Å². The van der Waals surface area contributed by atoms with E-state index in [0.29, 0.717) is 13.0 Å². The molecule has 0 radical (unpaired) electrons. The number of halogens is 2. The molecule has 1 heterocycles. The summed E-state index contributed by atoms with van der Waals surface area (Å²) in [6, 6.07) is 3.78. The average Bonchev–Trinajstić information content (AvgIpc) is 2.62. The molecule has 0 aliphatic carbocycles. The molecule has 0 aromatic carbocycles. The topological polar surface area (TPSA) is 46.3 Å². The second-order valence-electron chi connectivity index (χ2n) is 4.53.